The minimum Gasteiger partial charge on any atom is -0.480 e. The summed E-state index contributed by atoms with van der Waals surface area (Å²) in [6.07, 6.45) is 0. The van der Waals surface area contributed by atoms with Crippen molar-refractivity contribution in [3.8, 4) is 0 Å². The van der Waals surface area contributed by atoms with Gasteiger partial charge >= 0.3 is 5.97 Å². The summed E-state index contributed by atoms with van der Waals surface area (Å²) in [7, 11) is 0. The van der Waals surface area contributed by atoms with Crippen molar-refractivity contribution in [2.75, 3.05) is 39.3 Å². The van der Waals surface area contributed by atoms with Crippen LogP contribution in [0.1, 0.15) is 11.6 Å². The summed E-state index contributed by atoms with van der Waals surface area (Å²) in [6, 6.07) is 4.87. The average molecular weight is 282 g/mol. The Kier molecular flexibility index (Phi) is 5.05. The van der Waals surface area contributed by atoms with E-state index in [9.17, 15) is 14.3 Å². The number of hydrogen-bond donors (Lipinski definition) is 2. The smallest absolute Gasteiger partial charge is 0.325 e. The Hall–Kier alpha value is -1.50. The topological polar surface area (TPSA) is 64.0 Å². The van der Waals surface area contributed by atoms with Crippen LogP contribution in [0.2, 0.25) is 0 Å². The molecule has 20 heavy (non-hydrogen) atoms. The van der Waals surface area contributed by atoms with E-state index in [1.165, 1.54) is 24.3 Å². The van der Waals surface area contributed by atoms with E-state index in [0.29, 0.717) is 25.2 Å². The molecule has 6 heteroatoms. The molecule has 1 heterocycles. The second-order valence-corrected chi connectivity index (χ2v) is 4.89. The largest absolute Gasteiger partial charge is 0.480 e. The lowest BCUT2D eigenvalue weighted by Gasteiger charge is -2.37. The van der Waals surface area contributed by atoms with Gasteiger partial charge in [-0.1, -0.05) is 12.1 Å². The lowest BCUT2D eigenvalue weighted by molar-refractivity contribution is -0.144. The highest BCUT2D eigenvalue weighted by Gasteiger charge is 2.30. The van der Waals surface area contributed by atoms with Crippen LogP contribution in [0.5, 0.6) is 0 Å². The van der Waals surface area contributed by atoms with Crippen LogP contribution in [0.3, 0.4) is 0 Å². The van der Waals surface area contributed by atoms with E-state index in [1.54, 1.807) is 0 Å². The van der Waals surface area contributed by atoms with E-state index in [1.807, 2.05) is 4.90 Å². The van der Waals surface area contributed by atoms with Crippen LogP contribution >= 0.6 is 0 Å². The van der Waals surface area contributed by atoms with Gasteiger partial charge in [0.05, 0.1) is 6.61 Å². The molecular formula is C14H19FN2O3. The van der Waals surface area contributed by atoms with Gasteiger partial charge in [-0.3, -0.25) is 14.6 Å². The monoisotopic (exact) mass is 282 g/mol. The standard InChI is InChI=1S/C14H19FN2O3/c15-12-3-1-11(2-4-12)13(14(19)20)17-7-5-16(6-8-17)9-10-18/h1-4,13,18H,5-10H2,(H,19,20). The van der Waals surface area contributed by atoms with Crippen molar-refractivity contribution in [1.82, 2.24) is 9.80 Å². The Morgan fingerprint density at radius 3 is 2.30 bits per heavy atom. The molecule has 1 atom stereocenters. The first kappa shape index (κ1) is 14.9. The van der Waals surface area contributed by atoms with E-state index < -0.39 is 12.0 Å². The van der Waals surface area contributed by atoms with E-state index in [4.69, 9.17) is 5.11 Å². The third-order valence-corrected chi connectivity index (χ3v) is 3.61. The minimum atomic E-state index is -0.924. The summed E-state index contributed by atoms with van der Waals surface area (Å²) < 4.78 is 12.9. The normalized spacial score (nSPS) is 18.9. The number of benzene rings is 1. The number of aliphatic hydroxyl groups is 1. The molecule has 0 amide bonds. The van der Waals surface area contributed by atoms with Gasteiger partial charge in [0.25, 0.3) is 0 Å². The highest BCUT2D eigenvalue weighted by molar-refractivity contribution is 5.75. The number of aliphatic hydroxyl groups excluding tert-OH is 1. The maximum absolute atomic E-state index is 12.9. The van der Waals surface area contributed by atoms with E-state index in [-0.39, 0.29) is 12.4 Å². The maximum atomic E-state index is 12.9. The van der Waals surface area contributed by atoms with Crippen LogP contribution in [0.15, 0.2) is 24.3 Å². The van der Waals surface area contributed by atoms with Gasteiger partial charge in [-0.05, 0) is 17.7 Å². The summed E-state index contributed by atoms with van der Waals surface area (Å²) in [5, 5.41) is 18.3. The quantitative estimate of drug-likeness (QED) is 0.826. The van der Waals surface area contributed by atoms with Gasteiger partial charge in [0.2, 0.25) is 0 Å². The number of halogens is 1. The molecule has 0 spiro atoms. The Bertz CT molecular complexity index is 444. The van der Waals surface area contributed by atoms with Crippen molar-refractivity contribution < 1.29 is 19.4 Å². The molecule has 0 aromatic heterocycles. The van der Waals surface area contributed by atoms with Crippen molar-refractivity contribution in [3.63, 3.8) is 0 Å². The second-order valence-electron chi connectivity index (χ2n) is 4.89. The van der Waals surface area contributed by atoms with E-state index >= 15 is 0 Å². The molecule has 1 fully saturated rings. The summed E-state index contributed by atoms with van der Waals surface area (Å²) >= 11 is 0. The van der Waals surface area contributed by atoms with Crippen molar-refractivity contribution >= 4 is 5.97 Å². The highest BCUT2D eigenvalue weighted by Crippen LogP contribution is 2.22. The number of β-amino-alcohol motifs (C(OH)–C–C–N with tert-alkyl or cyclic N) is 1. The average Bonchev–Trinajstić information content (AvgIpc) is 2.43. The molecule has 1 saturated heterocycles. The Balaban J connectivity index is 2.07. The number of nitrogens with zero attached hydrogens (tertiary/aromatic N) is 2. The SMILES string of the molecule is O=C(O)C(c1ccc(F)cc1)N1CCN(CCO)CC1. The number of carboxylic acid groups (broad SMARTS) is 1. The fourth-order valence-corrected chi connectivity index (χ4v) is 2.54. The molecule has 0 bridgehead atoms. The minimum absolute atomic E-state index is 0.111. The zero-order valence-electron chi connectivity index (χ0n) is 11.2. The lowest BCUT2D eigenvalue weighted by atomic mass is 10.0. The van der Waals surface area contributed by atoms with Crippen LogP contribution in [0, 0.1) is 5.82 Å². The molecule has 2 N–H and O–H groups in total. The first-order valence-corrected chi connectivity index (χ1v) is 6.67. The Morgan fingerprint density at radius 2 is 1.80 bits per heavy atom. The molecule has 2 rings (SSSR count). The maximum Gasteiger partial charge on any atom is 0.325 e. The first-order chi connectivity index (χ1) is 9.61. The molecule has 110 valence electrons. The van der Waals surface area contributed by atoms with Crippen molar-refractivity contribution in [2.45, 2.75) is 6.04 Å². The number of rotatable bonds is 5. The van der Waals surface area contributed by atoms with Crippen LogP contribution in [-0.2, 0) is 4.79 Å². The molecule has 1 aliphatic rings. The van der Waals surface area contributed by atoms with Gasteiger partial charge in [0, 0.05) is 32.7 Å². The lowest BCUT2D eigenvalue weighted by Crippen LogP contribution is -2.49. The molecule has 5 nitrogen and oxygen atoms in total. The van der Waals surface area contributed by atoms with Gasteiger partial charge in [-0.25, -0.2) is 4.39 Å². The van der Waals surface area contributed by atoms with Gasteiger partial charge < -0.3 is 10.2 Å². The number of piperazine rings is 1. The van der Waals surface area contributed by atoms with Crippen molar-refractivity contribution in [1.29, 1.82) is 0 Å². The third kappa shape index (κ3) is 3.53. The Morgan fingerprint density at radius 1 is 1.20 bits per heavy atom. The molecule has 1 aliphatic heterocycles. The van der Waals surface area contributed by atoms with Crippen molar-refractivity contribution in [3.05, 3.63) is 35.6 Å². The molecule has 0 aliphatic carbocycles. The molecule has 0 saturated carbocycles. The highest BCUT2D eigenvalue weighted by atomic mass is 19.1. The molecule has 1 aromatic carbocycles. The van der Waals surface area contributed by atoms with Gasteiger partial charge in [-0.15, -0.1) is 0 Å². The van der Waals surface area contributed by atoms with Gasteiger partial charge in [-0.2, -0.15) is 0 Å². The predicted octanol–water partition coefficient (Wildman–Crippen LogP) is 0.561. The van der Waals surface area contributed by atoms with Crippen LogP contribution < -0.4 is 0 Å². The number of carboxylic acids is 1. The molecule has 1 unspecified atom stereocenters. The number of hydrogen-bond acceptors (Lipinski definition) is 4. The van der Waals surface area contributed by atoms with Crippen LogP contribution in [0.25, 0.3) is 0 Å². The fraction of sp³-hybridized carbons (Fsp3) is 0.500. The fourth-order valence-electron chi connectivity index (χ4n) is 2.54. The summed E-state index contributed by atoms with van der Waals surface area (Å²) in [6.45, 7) is 3.42. The molecular weight excluding hydrogens is 263 g/mol. The zero-order chi connectivity index (χ0) is 14.5. The third-order valence-electron chi connectivity index (χ3n) is 3.61. The summed E-state index contributed by atoms with van der Waals surface area (Å²) in [5.74, 6) is -1.29. The van der Waals surface area contributed by atoms with Crippen LogP contribution in [0.4, 0.5) is 4.39 Å². The zero-order valence-corrected chi connectivity index (χ0v) is 11.2. The number of carbonyl (C=O) groups is 1. The Labute approximate surface area is 117 Å². The van der Waals surface area contributed by atoms with E-state index in [0.717, 1.165) is 13.1 Å². The van der Waals surface area contributed by atoms with Gasteiger partial charge in [0.1, 0.15) is 11.9 Å². The number of aliphatic carboxylic acids is 1. The molecule has 0 radical (unpaired) electrons. The predicted molar refractivity (Wildman–Crippen MR) is 71.9 cm³/mol. The molecule has 1 aromatic rings. The summed E-state index contributed by atoms with van der Waals surface area (Å²) in [4.78, 5) is 15.5. The summed E-state index contributed by atoms with van der Waals surface area (Å²) in [5.41, 5.74) is 0.592. The first-order valence-electron chi connectivity index (χ1n) is 6.67. The van der Waals surface area contributed by atoms with Gasteiger partial charge in [0.15, 0.2) is 0 Å². The van der Waals surface area contributed by atoms with Crippen molar-refractivity contribution in [2.24, 2.45) is 0 Å². The van der Waals surface area contributed by atoms with Crippen LogP contribution in [-0.4, -0.2) is 65.3 Å². The van der Waals surface area contributed by atoms with E-state index in [2.05, 4.69) is 4.90 Å². The second kappa shape index (κ2) is 6.78.